The van der Waals surface area contributed by atoms with Crippen molar-refractivity contribution in [2.75, 3.05) is 11.5 Å². The number of ether oxygens (including phenoxy) is 2. The Bertz CT molecular complexity index is 1210. The SMILES string of the molecule is CC(C)(C)[Si](C)(C)O[C@@H]1C(=O)[C@@]23CCO[C@H]4[C@@H]2[C@H](C(=O)N4c2ccc(C#N)c(C(F)(F)F)c2)[C@]1(C)O3. The van der Waals surface area contributed by atoms with E-state index in [1.165, 1.54) is 11.0 Å². The van der Waals surface area contributed by atoms with Gasteiger partial charge in [0, 0.05) is 12.1 Å². The molecule has 194 valence electrons. The fraction of sp³-hybridized carbons (Fsp3) is 0.640. The number of hydrogen-bond donors (Lipinski definition) is 0. The van der Waals surface area contributed by atoms with Gasteiger partial charge in [0.15, 0.2) is 14.1 Å². The number of amides is 1. The number of anilines is 1. The molecule has 4 heterocycles. The first-order valence-electron chi connectivity index (χ1n) is 12.0. The van der Waals surface area contributed by atoms with E-state index in [-0.39, 0.29) is 29.5 Å². The van der Waals surface area contributed by atoms with Gasteiger partial charge in [-0.25, -0.2) is 0 Å². The highest BCUT2D eigenvalue weighted by molar-refractivity contribution is 6.74. The van der Waals surface area contributed by atoms with Crippen LogP contribution in [0.2, 0.25) is 18.1 Å². The van der Waals surface area contributed by atoms with E-state index in [0.717, 1.165) is 12.1 Å². The van der Waals surface area contributed by atoms with Crippen molar-refractivity contribution in [3.63, 3.8) is 0 Å². The number of rotatable bonds is 3. The maximum absolute atomic E-state index is 13.9. The second-order valence-electron chi connectivity index (χ2n) is 11.9. The minimum Gasteiger partial charge on any atom is -0.404 e. The summed E-state index contributed by atoms with van der Waals surface area (Å²) in [6.07, 6.45) is -6.43. The molecule has 1 spiro atoms. The van der Waals surface area contributed by atoms with Gasteiger partial charge in [-0.15, -0.1) is 0 Å². The first-order valence-corrected chi connectivity index (χ1v) is 14.9. The molecular weight excluding hydrogens is 493 g/mol. The molecule has 4 aliphatic rings. The van der Waals surface area contributed by atoms with Crippen LogP contribution >= 0.6 is 0 Å². The maximum Gasteiger partial charge on any atom is 0.417 e. The number of carbonyl (C=O) groups is 2. The Morgan fingerprint density at radius 1 is 1.22 bits per heavy atom. The summed E-state index contributed by atoms with van der Waals surface area (Å²) in [5.41, 5.74) is -4.25. The van der Waals surface area contributed by atoms with E-state index in [9.17, 15) is 22.8 Å². The van der Waals surface area contributed by atoms with Crippen LogP contribution in [0.1, 0.15) is 45.2 Å². The topological polar surface area (TPSA) is 88.9 Å². The number of nitriles is 1. The molecule has 1 aromatic carbocycles. The molecule has 11 heteroatoms. The molecular formula is C25H29F3N2O5Si. The predicted octanol–water partition coefficient (Wildman–Crippen LogP) is 4.40. The van der Waals surface area contributed by atoms with Gasteiger partial charge in [-0.3, -0.25) is 14.5 Å². The zero-order valence-corrected chi connectivity index (χ0v) is 22.0. The lowest BCUT2D eigenvalue weighted by atomic mass is 9.64. The summed E-state index contributed by atoms with van der Waals surface area (Å²) in [6, 6.07) is 4.73. The van der Waals surface area contributed by atoms with Gasteiger partial charge in [-0.1, -0.05) is 20.8 Å². The standard InChI is InChI=1S/C25H29F3N2O5Si/c1-22(2,3)36(5,6)34-19-18(31)24-9-10-33-21-17(24)16(23(19,4)35-24)20(32)30(21)14-8-7-13(12-29)15(11-14)25(26,27)28/h7-8,11,16-17,19,21H,9-10H2,1-6H3/t16-,17+,19-,21+,23+,24-/m1/s1. The average molecular weight is 523 g/mol. The molecule has 0 unspecified atom stereocenters. The second-order valence-corrected chi connectivity index (χ2v) is 16.6. The normalized spacial score (nSPS) is 35.8. The van der Waals surface area contributed by atoms with Crippen molar-refractivity contribution in [3.05, 3.63) is 29.3 Å². The van der Waals surface area contributed by atoms with Gasteiger partial charge in [-0.05, 0) is 43.3 Å². The van der Waals surface area contributed by atoms with E-state index >= 15 is 0 Å². The number of halogens is 3. The Morgan fingerprint density at radius 2 is 1.89 bits per heavy atom. The van der Waals surface area contributed by atoms with Crippen LogP contribution in [0.25, 0.3) is 0 Å². The van der Waals surface area contributed by atoms with Crippen LogP contribution in [0.15, 0.2) is 18.2 Å². The Balaban J connectivity index is 1.59. The van der Waals surface area contributed by atoms with Crippen molar-refractivity contribution in [3.8, 4) is 6.07 Å². The van der Waals surface area contributed by atoms with Crippen molar-refractivity contribution in [1.82, 2.24) is 0 Å². The van der Waals surface area contributed by atoms with Gasteiger partial charge in [0.1, 0.15) is 23.5 Å². The smallest absolute Gasteiger partial charge is 0.404 e. The van der Waals surface area contributed by atoms with Crippen LogP contribution < -0.4 is 4.90 Å². The zero-order chi connectivity index (χ0) is 26.6. The number of ketones is 1. The highest BCUT2D eigenvalue weighted by Crippen LogP contribution is 2.65. The summed E-state index contributed by atoms with van der Waals surface area (Å²) in [7, 11) is -2.44. The van der Waals surface area contributed by atoms with Crippen molar-refractivity contribution in [2.45, 2.75) is 82.0 Å². The first kappa shape index (κ1) is 25.4. The van der Waals surface area contributed by atoms with Crippen molar-refractivity contribution in [1.29, 1.82) is 5.26 Å². The van der Waals surface area contributed by atoms with E-state index in [1.807, 2.05) is 13.1 Å². The molecule has 6 atom stereocenters. The highest BCUT2D eigenvalue weighted by atomic mass is 28.4. The van der Waals surface area contributed by atoms with E-state index in [4.69, 9.17) is 19.2 Å². The summed E-state index contributed by atoms with van der Waals surface area (Å²) in [5, 5.41) is 8.97. The van der Waals surface area contributed by atoms with E-state index in [1.54, 1.807) is 13.0 Å². The summed E-state index contributed by atoms with van der Waals surface area (Å²) in [5.74, 6) is -2.17. The minimum atomic E-state index is -4.78. The van der Waals surface area contributed by atoms with Crippen molar-refractivity contribution >= 4 is 25.7 Å². The number of alkyl halides is 3. The fourth-order valence-electron chi connectivity index (χ4n) is 6.07. The Morgan fingerprint density at radius 3 is 2.47 bits per heavy atom. The van der Waals surface area contributed by atoms with Gasteiger partial charge in [0.2, 0.25) is 5.91 Å². The number of benzene rings is 1. The number of fused-ring (bicyclic) bond motifs is 2. The predicted molar refractivity (Wildman–Crippen MR) is 124 cm³/mol. The van der Waals surface area contributed by atoms with Gasteiger partial charge < -0.3 is 13.9 Å². The third kappa shape index (κ3) is 3.14. The van der Waals surface area contributed by atoms with E-state index < -0.39 is 66.9 Å². The second kappa shape index (κ2) is 7.40. The van der Waals surface area contributed by atoms with Crippen LogP contribution in [-0.2, 0) is 29.7 Å². The minimum absolute atomic E-state index is 0.0277. The number of nitrogens with zero attached hydrogens (tertiary/aromatic N) is 2. The summed E-state index contributed by atoms with van der Waals surface area (Å²) in [4.78, 5) is 29.0. The lowest BCUT2D eigenvalue weighted by Gasteiger charge is -2.45. The molecule has 4 fully saturated rings. The van der Waals surface area contributed by atoms with Crippen LogP contribution in [0.3, 0.4) is 0 Å². The van der Waals surface area contributed by atoms with Crippen molar-refractivity contribution in [2.24, 2.45) is 11.8 Å². The monoisotopic (exact) mass is 522 g/mol. The van der Waals surface area contributed by atoms with Gasteiger partial charge in [-0.2, -0.15) is 18.4 Å². The van der Waals surface area contributed by atoms with Crippen LogP contribution in [0.5, 0.6) is 0 Å². The van der Waals surface area contributed by atoms with Gasteiger partial charge in [0.05, 0.1) is 35.6 Å². The molecule has 1 amide bonds. The molecule has 7 nitrogen and oxygen atoms in total. The van der Waals surface area contributed by atoms with Crippen LogP contribution in [0.4, 0.5) is 18.9 Å². The number of Topliss-reactive ketones (excluding diaryl/α,β-unsaturated/α-hetero) is 1. The third-order valence-electron chi connectivity index (χ3n) is 8.85. The first-order chi connectivity index (χ1) is 16.5. The largest absolute Gasteiger partial charge is 0.417 e. The summed E-state index contributed by atoms with van der Waals surface area (Å²) >= 11 is 0. The molecule has 0 aromatic heterocycles. The van der Waals surface area contributed by atoms with Gasteiger partial charge in [0.25, 0.3) is 0 Å². The molecule has 36 heavy (non-hydrogen) atoms. The molecule has 0 saturated carbocycles. The molecule has 0 radical (unpaired) electrons. The molecule has 1 aromatic rings. The third-order valence-corrected chi connectivity index (χ3v) is 13.3. The fourth-order valence-corrected chi connectivity index (χ4v) is 7.36. The molecule has 0 aliphatic carbocycles. The highest BCUT2D eigenvalue weighted by Gasteiger charge is 2.82. The lowest BCUT2D eigenvalue weighted by Crippen LogP contribution is -2.62. The molecule has 5 rings (SSSR count). The number of carbonyl (C=O) groups excluding carboxylic acids is 2. The Kier molecular flexibility index (Phi) is 5.22. The van der Waals surface area contributed by atoms with Crippen LogP contribution in [-0.4, -0.2) is 50.1 Å². The molecule has 4 saturated heterocycles. The number of hydrogen-bond acceptors (Lipinski definition) is 6. The molecule has 4 aliphatic heterocycles. The Labute approximate surface area is 208 Å². The van der Waals surface area contributed by atoms with Crippen LogP contribution in [0, 0.1) is 23.2 Å². The maximum atomic E-state index is 13.9. The van der Waals surface area contributed by atoms with Gasteiger partial charge >= 0.3 is 6.18 Å². The summed E-state index contributed by atoms with van der Waals surface area (Å²) < 4.78 is 59.9. The average Bonchev–Trinajstić information content (AvgIpc) is 3.30. The summed E-state index contributed by atoms with van der Waals surface area (Å²) in [6.45, 7) is 12.0. The molecule has 2 bridgehead atoms. The molecule has 0 N–H and O–H groups in total. The lowest BCUT2D eigenvalue weighted by molar-refractivity contribution is -0.158. The Hall–Kier alpha value is -2.26. The quantitative estimate of drug-likeness (QED) is 0.547. The van der Waals surface area contributed by atoms with E-state index in [0.29, 0.717) is 0 Å². The zero-order valence-electron chi connectivity index (χ0n) is 21.0. The van der Waals surface area contributed by atoms with E-state index in [2.05, 4.69) is 20.8 Å². The van der Waals surface area contributed by atoms with Crippen molar-refractivity contribution < 1.29 is 36.7 Å².